The van der Waals surface area contributed by atoms with Crippen LogP contribution in [0.1, 0.15) is 58.1 Å². The summed E-state index contributed by atoms with van der Waals surface area (Å²) in [7, 11) is 2.41. The average Bonchev–Trinajstić information content (AvgIpc) is 3.35. The van der Waals surface area contributed by atoms with Gasteiger partial charge in [-0.2, -0.15) is 26.3 Å². The molecule has 0 aliphatic heterocycles. The van der Waals surface area contributed by atoms with Gasteiger partial charge in [0.15, 0.2) is 0 Å². The lowest BCUT2D eigenvalue weighted by molar-refractivity contribution is -0.147. The molecule has 0 fully saturated rings. The first-order chi connectivity index (χ1) is 32.9. The molecule has 0 radical (unpaired) electrons. The molecule has 69 heavy (non-hydrogen) atoms. The van der Waals surface area contributed by atoms with Crippen LogP contribution in [-0.4, -0.2) is 49.6 Å². The van der Waals surface area contributed by atoms with Crippen LogP contribution in [0, 0.1) is 0 Å². The van der Waals surface area contributed by atoms with Crippen molar-refractivity contribution >= 4 is 30.2 Å². The fourth-order valence-electron chi connectivity index (χ4n) is 6.71. The lowest BCUT2D eigenvalue weighted by Gasteiger charge is -2.16. The van der Waals surface area contributed by atoms with Crippen LogP contribution < -0.4 is 20.3 Å². The molecule has 0 aliphatic carbocycles. The minimum atomic E-state index is -4.39. The van der Waals surface area contributed by atoms with Crippen molar-refractivity contribution in [3.8, 4) is 33.8 Å². The highest BCUT2D eigenvalue weighted by Gasteiger charge is 2.31. The van der Waals surface area contributed by atoms with E-state index in [1.54, 1.807) is 72.8 Å². The number of amides is 2. The van der Waals surface area contributed by atoms with E-state index >= 15 is 0 Å². The highest BCUT2D eigenvalue weighted by molar-refractivity contribution is 5.88. The number of carboxylic acid groups (broad SMARTS) is 1. The zero-order valence-corrected chi connectivity index (χ0v) is 36.8. The maximum Gasteiger partial charge on any atom is 0.416 e. The molecule has 2 amide bonds. The van der Waals surface area contributed by atoms with E-state index in [1.807, 2.05) is 24.3 Å². The summed E-state index contributed by atoms with van der Waals surface area (Å²) in [6, 6.07) is 37.3. The monoisotopic (exact) mass is 958 g/mol. The van der Waals surface area contributed by atoms with Crippen molar-refractivity contribution in [1.29, 1.82) is 0 Å². The van der Waals surface area contributed by atoms with E-state index in [-0.39, 0.29) is 26.1 Å². The zero-order chi connectivity index (χ0) is 50.1. The number of halogens is 6. The minimum absolute atomic E-state index is 0.198. The highest BCUT2D eigenvalue weighted by Crippen LogP contribution is 2.33. The molecule has 0 saturated carbocycles. The van der Waals surface area contributed by atoms with Crippen LogP contribution in [0.25, 0.3) is 22.3 Å². The van der Waals surface area contributed by atoms with Crippen molar-refractivity contribution in [1.82, 2.24) is 10.9 Å². The second kappa shape index (κ2) is 24.0. The molecular weight excluding hydrogens is 915 g/mol. The molecule has 6 rings (SSSR count). The van der Waals surface area contributed by atoms with E-state index in [4.69, 9.17) is 9.47 Å². The molecular formula is C51H44F6N2O10. The number of hydrogen-bond acceptors (Lipinski definition) is 9. The van der Waals surface area contributed by atoms with Crippen molar-refractivity contribution in [3.63, 3.8) is 0 Å². The van der Waals surface area contributed by atoms with Gasteiger partial charge < -0.3 is 24.1 Å². The summed E-state index contributed by atoms with van der Waals surface area (Å²) in [5, 5.41) is 9.37. The molecule has 0 heterocycles. The number of aliphatic carboxylic acids is 1. The Labute approximate surface area is 391 Å². The predicted octanol–water partition coefficient (Wildman–Crippen LogP) is 10.1. The number of methoxy groups -OCH3 is 2. The summed E-state index contributed by atoms with van der Waals surface area (Å²) in [6.45, 7) is 0.404. The topological polar surface area (TPSA) is 167 Å². The first kappa shape index (κ1) is 51.8. The van der Waals surface area contributed by atoms with Crippen LogP contribution in [-0.2, 0) is 59.0 Å². The van der Waals surface area contributed by atoms with Crippen LogP contribution in [0.3, 0.4) is 0 Å². The number of carboxylic acids is 1. The number of carbonyl (C=O) groups is 5. The number of carbonyl (C=O) groups excluding carboxylic acids is 4. The Hall–Kier alpha value is -8.15. The number of hydrazine groups is 1. The molecule has 12 nitrogen and oxygen atoms in total. The van der Waals surface area contributed by atoms with Gasteiger partial charge in [-0.15, -0.1) is 0 Å². The fraction of sp³-hybridized carbons (Fsp3) is 0.196. The molecule has 18 heteroatoms. The quantitative estimate of drug-likeness (QED) is 0.0327. The summed E-state index contributed by atoms with van der Waals surface area (Å²) >= 11 is 0. The van der Waals surface area contributed by atoms with E-state index in [1.165, 1.54) is 38.5 Å². The number of rotatable bonds is 18. The van der Waals surface area contributed by atoms with Crippen LogP contribution in [0.4, 0.5) is 26.3 Å². The maximum absolute atomic E-state index is 12.8. The standard InChI is InChI=1S/C26H23F3N2O5.C25H21F3O5/c1-35-24(33)14-23(25(34)31-30-16-32)19-7-11-22(12-8-19)36-15-17-3-2-4-20(13-17)18-5-9-21(10-6-18)26(27,28)29;1-32-23(29)14-22(24(30)31)18-7-11-21(12-8-18)33-15-16-3-2-4-19(13-16)17-5-9-20(10-6-17)25(26,27)28/h2-13,16,23H,14-15H2,1H3,(H,30,32)(H,31,34);2-13,22H,14-15H2,1H3,(H,30,31). The van der Waals surface area contributed by atoms with Gasteiger partial charge in [-0.3, -0.25) is 34.8 Å². The average molecular weight is 959 g/mol. The van der Waals surface area contributed by atoms with Crippen molar-refractivity contribution in [2.24, 2.45) is 0 Å². The number of esters is 2. The Balaban J connectivity index is 0.000000258. The van der Waals surface area contributed by atoms with Gasteiger partial charge in [0.25, 0.3) is 0 Å². The molecule has 2 atom stereocenters. The molecule has 3 N–H and O–H groups in total. The van der Waals surface area contributed by atoms with Crippen LogP contribution >= 0.6 is 0 Å². The zero-order valence-electron chi connectivity index (χ0n) is 36.8. The SMILES string of the molecule is COC(=O)CC(C(=O)NNC=O)c1ccc(OCc2cccc(-c3ccc(C(F)(F)F)cc3)c2)cc1.COC(=O)CC(C(=O)O)c1ccc(OCc2cccc(-c3ccc(C(F)(F)F)cc3)c2)cc1. The highest BCUT2D eigenvalue weighted by atomic mass is 19.4. The molecule has 2 unspecified atom stereocenters. The summed E-state index contributed by atoms with van der Waals surface area (Å²) in [5.74, 6) is -3.82. The molecule has 360 valence electrons. The summed E-state index contributed by atoms with van der Waals surface area (Å²) in [5.41, 5.74) is 8.23. The third-order valence-corrected chi connectivity index (χ3v) is 10.4. The lowest BCUT2D eigenvalue weighted by atomic mass is 9.95. The van der Waals surface area contributed by atoms with Crippen LogP contribution in [0.15, 0.2) is 146 Å². The Bertz CT molecular complexity index is 2670. The minimum Gasteiger partial charge on any atom is -0.489 e. The van der Waals surface area contributed by atoms with E-state index in [0.717, 1.165) is 46.5 Å². The second-order valence-electron chi connectivity index (χ2n) is 15.0. The maximum atomic E-state index is 12.8. The van der Waals surface area contributed by atoms with Gasteiger partial charge in [-0.25, -0.2) is 0 Å². The number of ether oxygens (including phenoxy) is 4. The predicted molar refractivity (Wildman–Crippen MR) is 239 cm³/mol. The van der Waals surface area contributed by atoms with Gasteiger partial charge in [0, 0.05) is 0 Å². The fourth-order valence-corrected chi connectivity index (χ4v) is 6.71. The Morgan fingerprint density at radius 3 is 1.30 bits per heavy atom. The van der Waals surface area contributed by atoms with Gasteiger partial charge in [0.1, 0.15) is 24.7 Å². The second-order valence-corrected chi connectivity index (χ2v) is 15.0. The normalized spacial score (nSPS) is 11.9. The van der Waals surface area contributed by atoms with Gasteiger partial charge in [-0.05, 0) is 105 Å². The first-order valence-electron chi connectivity index (χ1n) is 20.7. The van der Waals surface area contributed by atoms with Gasteiger partial charge in [0.2, 0.25) is 12.3 Å². The van der Waals surface area contributed by atoms with Gasteiger partial charge >= 0.3 is 30.3 Å². The Morgan fingerprint density at radius 1 is 0.551 bits per heavy atom. The van der Waals surface area contributed by atoms with Crippen molar-refractivity contribution in [3.05, 3.63) is 179 Å². The summed E-state index contributed by atoms with van der Waals surface area (Å²) in [6.07, 6.45) is -8.97. The van der Waals surface area contributed by atoms with E-state index < -0.39 is 59.1 Å². The molecule has 6 aromatic carbocycles. The smallest absolute Gasteiger partial charge is 0.416 e. The van der Waals surface area contributed by atoms with Gasteiger partial charge in [-0.1, -0.05) is 84.9 Å². The van der Waals surface area contributed by atoms with Crippen molar-refractivity contribution in [2.75, 3.05) is 14.2 Å². The molecule has 0 bridgehead atoms. The number of alkyl halides is 6. The Morgan fingerprint density at radius 2 is 0.942 bits per heavy atom. The first-order valence-corrected chi connectivity index (χ1v) is 20.7. The van der Waals surface area contributed by atoms with Crippen molar-refractivity contribution < 1.29 is 74.4 Å². The molecule has 0 spiro atoms. The summed E-state index contributed by atoms with van der Waals surface area (Å²) in [4.78, 5) is 57.4. The molecule has 0 aromatic heterocycles. The molecule has 0 aliphatic rings. The van der Waals surface area contributed by atoms with Gasteiger partial charge in [0.05, 0.1) is 50.0 Å². The molecule has 0 saturated heterocycles. The third kappa shape index (κ3) is 15.5. The number of benzene rings is 6. The van der Waals surface area contributed by atoms with Crippen LogP contribution in [0.2, 0.25) is 0 Å². The van der Waals surface area contributed by atoms with E-state index in [0.29, 0.717) is 40.2 Å². The van der Waals surface area contributed by atoms with Crippen molar-refractivity contribution in [2.45, 2.75) is 50.2 Å². The van der Waals surface area contributed by atoms with E-state index in [2.05, 4.69) is 20.3 Å². The third-order valence-electron chi connectivity index (χ3n) is 10.4. The molecule has 6 aromatic rings. The number of hydrogen-bond donors (Lipinski definition) is 3. The Kier molecular flexibility index (Phi) is 18.1. The van der Waals surface area contributed by atoms with Crippen LogP contribution in [0.5, 0.6) is 11.5 Å². The van der Waals surface area contributed by atoms with E-state index in [9.17, 15) is 55.4 Å². The number of nitrogens with one attached hydrogen (secondary N) is 2. The summed E-state index contributed by atoms with van der Waals surface area (Å²) < 4.78 is 97.5. The lowest BCUT2D eigenvalue weighted by Crippen LogP contribution is -2.40. The largest absolute Gasteiger partial charge is 0.489 e.